The number of amides is 1. The summed E-state index contributed by atoms with van der Waals surface area (Å²) in [5, 5.41) is 12.2. The molecular formula is C21H21F2NO4. The van der Waals surface area contributed by atoms with Crippen molar-refractivity contribution in [2.45, 2.75) is 43.6 Å². The maximum atomic E-state index is 13.5. The van der Waals surface area contributed by atoms with Gasteiger partial charge in [0, 0.05) is 18.5 Å². The fraction of sp³-hybridized carbons (Fsp3) is 0.333. The number of hydrogen-bond donors (Lipinski definition) is 2. The van der Waals surface area contributed by atoms with Gasteiger partial charge in [0.15, 0.2) is 0 Å². The number of hydrogen-bond acceptors (Lipinski definition) is 3. The van der Waals surface area contributed by atoms with Crippen LogP contribution in [0, 0.1) is 0 Å². The Kier molecular flexibility index (Phi) is 5.63. The molecule has 3 rings (SSSR count). The maximum Gasteiger partial charge on any atom is 0.411 e. The van der Waals surface area contributed by atoms with Crippen molar-refractivity contribution in [1.82, 2.24) is 0 Å². The lowest BCUT2D eigenvalue weighted by Crippen LogP contribution is -2.42. The first-order chi connectivity index (χ1) is 13.3. The van der Waals surface area contributed by atoms with Gasteiger partial charge in [-0.05, 0) is 36.1 Å². The van der Waals surface area contributed by atoms with Crippen molar-refractivity contribution in [2.24, 2.45) is 0 Å². The Morgan fingerprint density at radius 3 is 2.14 bits per heavy atom. The molecule has 2 N–H and O–H groups in total. The lowest BCUT2D eigenvalue weighted by molar-refractivity contribution is -0.149. The average Bonchev–Trinajstić information content (AvgIpc) is 2.68. The van der Waals surface area contributed by atoms with E-state index in [-0.39, 0.29) is 19.4 Å². The Hall–Kier alpha value is -2.96. The number of anilines is 1. The first-order valence-corrected chi connectivity index (χ1v) is 9.00. The third-order valence-electron chi connectivity index (χ3n) is 5.14. The number of halogens is 2. The minimum absolute atomic E-state index is 0.124. The van der Waals surface area contributed by atoms with E-state index in [9.17, 15) is 23.5 Å². The van der Waals surface area contributed by atoms with Crippen molar-refractivity contribution in [3.05, 3.63) is 65.7 Å². The number of benzene rings is 2. The van der Waals surface area contributed by atoms with Crippen LogP contribution in [0.2, 0.25) is 0 Å². The minimum Gasteiger partial charge on any atom is -0.481 e. The Labute approximate surface area is 161 Å². The standard InChI is InChI=1S/C21H21F2NO4/c22-21(23)12-10-20(11-13-21,18(25)26)16-6-8-17(9-7-16)24-19(27)28-14-15-4-2-1-3-5-15/h1-9H,10-14H2,(H,24,27)(H,25,26). The molecule has 0 aromatic heterocycles. The molecule has 1 fully saturated rings. The Bertz CT molecular complexity index is 827. The Morgan fingerprint density at radius 2 is 1.57 bits per heavy atom. The van der Waals surface area contributed by atoms with E-state index in [1.165, 1.54) is 0 Å². The van der Waals surface area contributed by atoms with E-state index in [4.69, 9.17) is 4.74 Å². The lowest BCUT2D eigenvalue weighted by Gasteiger charge is -2.37. The molecule has 0 aliphatic heterocycles. The molecule has 0 spiro atoms. The van der Waals surface area contributed by atoms with Gasteiger partial charge in [0.05, 0.1) is 5.41 Å². The molecule has 1 amide bonds. The third-order valence-corrected chi connectivity index (χ3v) is 5.14. The molecule has 2 aromatic rings. The third kappa shape index (κ3) is 4.47. The largest absolute Gasteiger partial charge is 0.481 e. The van der Waals surface area contributed by atoms with Crippen molar-refractivity contribution in [1.29, 1.82) is 0 Å². The molecule has 0 bridgehead atoms. The fourth-order valence-corrected chi connectivity index (χ4v) is 3.42. The number of aliphatic carboxylic acids is 1. The average molecular weight is 389 g/mol. The summed E-state index contributed by atoms with van der Waals surface area (Å²) >= 11 is 0. The molecule has 0 heterocycles. The molecule has 0 atom stereocenters. The van der Waals surface area contributed by atoms with E-state index < -0.39 is 36.2 Å². The van der Waals surface area contributed by atoms with Gasteiger partial charge < -0.3 is 9.84 Å². The van der Waals surface area contributed by atoms with Gasteiger partial charge in [-0.3, -0.25) is 10.1 Å². The molecule has 1 saturated carbocycles. The number of carbonyl (C=O) groups excluding carboxylic acids is 1. The van der Waals surface area contributed by atoms with Crippen molar-refractivity contribution in [3.8, 4) is 0 Å². The highest BCUT2D eigenvalue weighted by molar-refractivity contribution is 5.85. The molecular weight excluding hydrogens is 368 g/mol. The number of carboxylic acid groups (broad SMARTS) is 1. The first kappa shape index (κ1) is 19.8. The summed E-state index contributed by atoms with van der Waals surface area (Å²) in [4.78, 5) is 23.7. The van der Waals surface area contributed by atoms with Crippen molar-refractivity contribution in [3.63, 3.8) is 0 Å². The van der Waals surface area contributed by atoms with Crippen LogP contribution in [-0.2, 0) is 21.6 Å². The second-order valence-corrected chi connectivity index (χ2v) is 7.01. The molecule has 7 heteroatoms. The topological polar surface area (TPSA) is 75.6 Å². The van der Waals surface area contributed by atoms with E-state index in [1.54, 1.807) is 24.3 Å². The lowest BCUT2D eigenvalue weighted by atomic mass is 9.68. The summed E-state index contributed by atoms with van der Waals surface area (Å²) in [6, 6.07) is 15.4. The molecule has 28 heavy (non-hydrogen) atoms. The number of carboxylic acids is 1. The molecule has 5 nitrogen and oxygen atoms in total. The number of ether oxygens (including phenoxy) is 1. The van der Waals surface area contributed by atoms with Gasteiger partial charge in [-0.15, -0.1) is 0 Å². The Balaban J connectivity index is 1.63. The number of carbonyl (C=O) groups is 2. The number of alkyl halides is 2. The van der Waals surface area contributed by atoms with Crippen LogP contribution in [0.1, 0.15) is 36.8 Å². The summed E-state index contributed by atoms with van der Waals surface area (Å²) in [7, 11) is 0. The molecule has 0 saturated heterocycles. The van der Waals surface area contributed by atoms with E-state index in [0.29, 0.717) is 11.3 Å². The number of rotatable bonds is 5. The van der Waals surface area contributed by atoms with Gasteiger partial charge in [0.2, 0.25) is 5.92 Å². The summed E-state index contributed by atoms with van der Waals surface area (Å²) in [5.74, 6) is -3.92. The monoisotopic (exact) mass is 389 g/mol. The van der Waals surface area contributed by atoms with Crippen molar-refractivity contribution >= 4 is 17.7 Å². The van der Waals surface area contributed by atoms with E-state index in [1.807, 2.05) is 30.3 Å². The van der Waals surface area contributed by atoms with Crippen LogP contribution in [0.15, 0.2) is 54.6 Å². The van der Waals surface area contributed by atoms with E-state index >= 15 is 0 Å². The van der Waals surface area contributed by atoms with Gasteiger partial charge in [0.1, 0.15) is 6.61 Å². The summed E-state index contributed by atoms with van der Waals surface area (Å²) < 4.78 is 32.1. The predicted octanol–water partition coefficient (Wildman–Crippen LogP) is 4.97. The highest BCUT2D eigenvalue weighted by Crippen LogP contribution is 2.45. The quantitative estimate of drug-likeness (QED) is 0.757. The van der Waals surface area contributed by atoms with Crippen LogP contribution < -0.4 is 5.32 Å². The van der Waals surface area contributed by atoms with Crippen molar-refractivity contribution in [2.75, 3.05) is 5.32 Å². The van der Waals surface area contributed by atoms with Gasteiger partial charge in [-0.25, -0.2) is 13.6 Å². The first-order valence-electron chi connectivity index (χ1n) is 9.00. The summed E-state index contributed by atoms with van der Waals surface area (Å²) in [6.45, 7) is 0.126. The Morgan fingerprint density at radius 1 is 0.964 bits per heavy atom. The molecule has 0 unspecified atom stereocenters. The van der Waals surface area contributed by atoms with E-state index in [2.05, 4.69) is 5.32 Å². The minimum atomic E-state index is -2.82. The van der Waals surface area contributed by atoms with Gasteiger partial charge in [-0.2, -0.15) is 0 Å². The predicted molar refractivity (Wildman–Crippen MR) is 99.4 cm³/mol. The molecule has 1 aliphatic carbocycles. The van der Waals surface area contributed by atoms with Crippen LogP contribution in [0.25, 0.3) is 0 Å². The van der Waals surface area contributed by atoms with Gasteiger partial charge in [0.25, 0.3) is 0 Å². The number of nitrogens with one attached hydrogen (secondary N) is 1. The SMILES string of the molecule is O=C(Nc1ccc(C2(C(=O)O)CCC(F)(F)CC2)cc1)OCc1ccccc1. The van der Waals surface area contributed by atoms with Crippen LogP contribution >= 0.6 is 0 Å². The highest BCUT2D eigenvalue weighted by Gasteiger charge is 2.49. The summed E-state index contributed by atoms with van der Waals surface area (Å²) in [5.41, 5.74) is 0.418. The highest BCUT2D eigenvalue weighted by atomic mass is 19.3. The van der Waals surface area contributed by atoms with Crippen LogP contribution in [0.5, 0.6) is 0 Å². The van der Waals surface area contributed by atoms with Gasteiger partial charge in [-0.1, -0.05) is 42.5 Å². The molecule has 0 radical (unpaired) electrons. The maximum absolute atomic E-state index is 13.5. The zero-order chi connectivity index (χ0) is 20.2. The van der Waals surface area contributed by atoms with Crippen LogP contribution in [-0.4, -0.2) is 23.1 Å². The van der Waals surface area contributed by atoms with Crippen LogP contribution in [0.3, 0.4) is 0 Å². The zero-order valence-electron chi connectivity index (χ0n) is 15.2. The molecule has 1 aliphatic rings. The molecule has 2 aromatic carbocycles. The fourth-order valence-electron chi connectivity index (χ4n) is 3.42. The van der Waals surface area contributed by atoms with Crippen LogP contribution in [0.4, 0.5) is 19.3 Å². The second-order valence-electron chi connectivity index (χ2n) is 7.01. The molecule has 148 valence electrons. The second kappa shape index (κ2) is 7.96. The van der Waals surface area contributed by atoms with E-state index in [0.717, 1.165) is 5.56 Å². The smallest absolute Gasteiger partial charge is 0.411 e. The summed E-state index contributed by atoms with van der Waals surface area (Å²) in [6.07, 6.45) is -1.79. The normalized spacial score (nSPS) is 17.5. The van der Waals surface area contributed by atoms with Gasteiger partial charge >= 0.3 is 12.1 Å². The zero-order valence-corrected chi connectivity index (χ0v) is 15.2. The van der Waals surface area contributed by atoms with Crippen molar-refractivity contribution < 1.29 is 28.2 Å².